The Bertz CT molecular complexity index is 1170. The van der Waals surface area contributed by atoms with Crippen molar-refractivity contribution in [2.24, 2.45) is 0 Å². The predicted octanol–water partition coefficient (Wildman–Crippen LogP) is 2.94. The second-order valence-electron chi connectivity index (χ2n) is 8.07. The molecule has 32 heavy (non-hydrogen) atoms. The number of aryl methyl sites for hydroxylation is 1. The Balaban J connectivity index is 1.57. The van der Waals surface area contributed by atoms with E-state index >= 15 is 0 Å². The predicted molar refractivity (Wildman–Crippen MR) is 135 cm³/mol. The summed E-state index contributed by atoms with van der Waals surface area (Å²) in [5, 5.41) is 0. The van der Waals surface area contributed by atoms with Gasteiger partial charge in [0.25, 0.3) is 11.5 Å². The van der Waals surface area contributed by atoms with Crippen LogP contribution in [0.4, 0.5) is 5.82 Å². The fourth-order valence-corrected chi connectivity index (χ4v) is 6.38. The zero-order chi connectivity index (χ0) is 22.2. The van der Waals surface area contributed by atoms with Crippen LogP contribution in [0.1, 0.15) is 24.0 Å². The number of fused-ring (bicyclic) bond motifs is 1. The van der Waals surface area contributed by atoms with E-state index in [1.54, 1.807) is 21.6 Å². The summed E-state index contributed by atoms with van der Waals surface area (Å²) in [5.74, 6) is 2.45. The van der Waals surface area contributed by atoms with Crippen LogP contribution in [0.2, 0.25) is 0 Å². The molecule has 0 radical (unpaired) electrons. The normalized spacial score (nSPS) is 23.2. The number of carbonyl (C=O) groups is 1. The molecule has 1 amide bonds. The van der Waals surface area contributed by atoms with Gasteiger partial charge < -0.3 is 9.64 Å². The zero-order valence-corrected chi connectivity index (χ0v) is 20.2. The van der Waals surface area contributed by atoms with Crippen molar-refractivity contribution < 1.29 is 9.53 Å². The van der Waals surface area contributed by atoms with Gasteiger partial charge in [-0.1, -0.05) is 30.0 Å². The molecule has 5 heterocycles. The van der Waals surface area contributed by atoms with Gasteiger partial charge in [-0.2, -0.15) is 11.8 Å². The second kappa shape index (κ2) is 9.17. The van der Waals surface area contributed by atoms with Crippen molar-refractivity contribution in [3.63, 3.8) is 0 Å². The molecule has 3 aliphatic rings. The molecule has 0 saturated carbocycles. The van der Waals surface area contributed by atoms with Gasteiger partial charge in [-0.3, -0.25) is 18.9 Å². The van der Waals surface area contributed by atoms with Crippen molar-refractivity contribution in [3.05, 3.63) is 44.7 Å². The Morgan fingerprint density at radius 2 is 2.12 bits per heavy atom. The van der Waals surface area contributed by atoms with E-state index in [1.807, 2.05) is 30.8 Å². The fraction of sp³-hybridized carbons (Fsp3) is 0.455. The van der Waals surface area contributed by atoms with Crippen molar-refractivity contribution in [2.75, 3.05) is 42.6 Å². The number of carbonyl (C=O) groups excluding carboxylic acids is 1. The zero-order valence-electron chi connectivity index (χ0n) is 17.8. The first-order valence-electron chi connectivity index (χ1n) is 10.7. The van der Waals surface area contributed by atoms with E-state index in [4.69, 9.17) is 21.9 Å². The summed E-state index contributed by atoms with van der Waals surface area (Å²) in [5.41, 5.74) is 1.86. The summed E-state index contributed by atoms with van der Waals surface area (Å²) in [6, 6.07) is 3.79. The molecule has 3 saturated heterocycles. The number of thioether (sulfide) groups is 2. The van der Waals surface area contributed by atoms with E-state index in [2.05, 4.69) is 4.90 Å². The molecule has 10 heteroatoms. The van der Waals surface area contributed by atoms with Crippen molar-refractivity contribution in [2.45, 2.75) is 25.9 Å². The van der Waals surface area contributed by atoms with Crippen LogP contribution in [-0.4, -0.2) is 68.4 Å². The van der Waals surface area contributed by atoms with E-state index in [1.165, 1.54) is 11.8 Å². The minimum atomic E-state index is -0.170. The highest BCUT2D eigenvalue weighted by molar-refractivity contribution is 8.26. The number of hydrogen-bond donors (Lipinski definition) is 0. The van der Waals surface area contributed by atoms with Gasteiger partial charge in [0.2, 0.25) is 0 Å². The van der Waals surface area contributed by atoms with Gasteiger partial charge in [0.05, 0.1) is 23.1 Å². The largest absolute Gasteiger partial charge is 0.376 e. The minimum Gasteiger partial charge on any atom is -0.376 e. The smallest absolute Gasteiger partial charge is 0.267 e. The van der Waals surface area contributed by atoms with Gasteiger partial charge in [-0.25, -0.2) is 4.98 Å². The molecule has 168 valence electrons. The number of nitrogens with zero attached hydrogens (tertiary/aromatic N) is 4. The number of aromatic nitrogens is 2. The topological polar surface area (TPSA) is 67.2 Å². The molecule has 7 nitrogen and oxygen atoms in total. The lowest BCUT2D eigenvalue weighted by molar-refractivity contribution is -0.123. The van der Waals surface area contributed by atoms with Crippen LogP contribution in [0.3, 0.4) is 0 Å². The van der Waals surface area contributed by atoms with Crippen LogP contribution in [0.5, 0.6) is 0 Å². The molecule has 3 fully saturated rings. The summed E-state index contributed by atoms with van der Waals surface area (Å²) in [6.45, 7) is 4.78. The highest BCUT2D eigenvalue weighted by Gasteiger charge is 2.35. The Morgan fingerprint density at radius 3 is 2.88 bits per heavy atom. The maximum absolute atomic E-state index is 13.5. The third-order valence-corrected chi connectivity index (χ3v) is 8.25. The number of rotatable bonds is 4. The maximum Gasteiger partial charge on any atom is 0.267 e. The van der Waals surface area contributed by atoms with Gasteiger partial charge in [-0.05, 0) is 37.5 Å². The Kier molecular flexibility index (Phi) is 6.28. The average molecular weight is 489 g/mol. The minimum absolute atomic E-state index is 0.0224. The van der Waals surface area contributed by atoms with Gasteiger partial charge in [0.1, 0.15) is 15.8 Å². The molecule has 3 aliphatic heterocycles. The van der Waals surface area contributed by atoms with E-state index in [0.717, 1.165) is 49.6 Å². The van der Waals surface area contributed by atoms with Crippen molar-refractivity contribution in [1.29, 1.82) is 0 Å². The van der Waals surface area contributed by atoms with Crippen LogP contribution in [0.15, 0.2) is 28.0 Å². The third-order valence-electron chi connectivity index (χ3n) is 5.93. The fourth-order valence-electron chi connectivity index (χ4n) is 4.22. The summed E-state index contributed by atoms with van der Waals surface area (Å²) >= 11 is 8.63. The maximum atomic E-state index is 13.5. The number of thiocarbonyl (C=S) groups is 1. The van der Waals surface area contributed by atoms with Crippen LogP contribution in [0, 0.1) is 6.92 Å². The number of ether oxygens (including phenoxy) is 1. The highest BCUT2D eigenvalue weighted by atomic mass is 32.2. The number of pyridine rings is 1. The lowest BCUT2D eigenvalue weighted by atomic mass is 10.2. The Morgan fingerprint density at radius 1 is 1.31 bits per heavy atom. The summed E-state index contributed by atoms with van der Waals surface area (Å²) in [7, 11) is 0. The first kappa shape index (κ1) is 21.9. The summed E-state index contributed by atoms with van der Waals surface area (Å²) in [4.78, 5) is 35.8. The molecular weight excluding hydrogens is 464 g/mol. The summed E-state index contributed by atoms with van der Waals surface area (Å²) < 4.78 is 7.77. The van der Waals surface area contributed by atoms with E-state index in [-0.39, 0.29) is 17.6 Å². The Labute approximate surface area is 200 Å². The van der Waals surface area contributed by atoms with Crippen molar-refractivity contribution in [3.8, 4) is 0 Å². The van der Waals surface area contributed by atoms with Crippen LogP contribution in [-0.2, 0) is 9.53 Å². The quantitative estimate of drug-likeness (QED) is 0.481. The molecule has 0 aromatic carbocycles. The lowest BCUT2D eigenvalue weighted by Crippen LogP contribution is -2.36. The first-order valence-corrected chi connectivity index (χ1v) is 13.1. The van der Waals surface area contributed by atoms with Gasteiger partial charge in [0, 0.05) is 37.4 Å². The molecule has 0 bridgehead atoms. The molecule has 0 N–H and O–H groups in total. The molecule has 2 aromatic heterocycles. The molecule has 5 rings (SSSR count). The molecular formula is C22H24N4O3S3. The SMILES string of the molecule is Cc1cccn2c(=O)c(/C=C3\SC(=S)N(CC4CCCO4)C3=O)c(N3CCSCC3)nc12. The molecule has 1 atom stereocenters. The van der Waals surface area contributed by atoms with Gasteiger partial charge in [0.15, 0.2) is 0 Å². The monoisotopic (exact) mass is 488 g/mol. The molecule has 0 aliphatic carbocycles. The standard InChI is InChI=1S/C22H24N4O3S3/c1-14-4-2-6-25-18(14)23-19(24-7-10-31-11-8-24)16(20(25)27)12-17-21(28)26(22(30)32-17)13-15-5-3-9-29-15/h2,4,6,12,15H,3,5,7-11,13H2,1H3/b17-12-. The van der Waals surface area contributed by atoms with E-state index < -0.39 is 0 Å². The second-order valence-corrected chi connectivity index (χ2v) is 11.0. The van der Waals surface area contributed by atoms with Gasteiger partial charge >= 0.3 is 0 Å². The van der Waals surface area contributed by atoms with Crippen molar-refractivity contribution >= 4 is 63.5 Å². The lowest BCUT2D eigenvalue weighted by Gasteiger charge is -2.29. The Hall–Kier alpha value is -1.88. The average Bonchev–Trinajstić information content (AvgIpc) is 3.41. The summed E-state index contributed by atoms with van der Waals surface area (Å²) in [6.07, 6.45) is 5.38. The first-order chi connectivity index (χ1) is 15.5. The van der Waals surface area contributed by atoms with Crippen molar-refractivity contribution in [1.82, 2.24) is 14.3 Å². The van der Waals surface area contributed by atoms with Crippen LogP contribution in [0.25, 0.3) is 11.7 Å². The highest BCUT2D eigenvalue weighted by Crippen LogP contribution is 2.34. The van der Waals surface area contributed by atoms with E-state index in [0.29, 0.717) is 32.8 Å². The molecule has 1 unspecified atom stereocenters. The van der Waals surface area contributed by atoms with Crippen LogP contribution < -0.4 is 10.5 Å². The number of amides is 1. The molecule has 0 spiro atoms. The van der Waals surface area contributed by atoms with Crippen LogP contribution >= 0.6 is 35.7 Å². The number of hydrogen-bond acceptors (Lipinski definition) is 8. The molecule has 2 aromatic rings. The number of anilines is 1. The third kappa shape index (κ3) is 4.09. The van der Waals surface area contributed by atoms with E-state index in [9.17, 15) is 9.59 Å². The van der Waals surface area contributed by atoms with Gasteiger partial charge in [-0.15, -0.1) is 0 Å².